The normalized spacial score (nSPS) is 11.4. The molecular formula is C17H17F3N2O3. The lowest BCUT2D eigenvalue weighted by atomic mass is 10.1. The van der Waals surface area contributed by atoms with Crippen LogP contribution in [0, 0.1) is 6.92 Å². The van der Waals surface area contributed by atoms with E-state index in [2.05, 4.69) is 5.10 Å². The van der Waals surface area contributed by atoms with Crippen LogP contribution in [0.1, 0.15) is 41.2 Å². The molecule has 1 aromatic carbocycles. The molecule has 0 aliphatic heterocycles. The van der Waals surface area contributed by atoms with Gasteiger partial charge in [0.2, 0.25) is 0 Å². The Labute approximate surface area is 142 Å². The van der Waals surface area contributed by atoms with Crippen LogP contribution < -0.4 is 0 Å². The van der Waals surface area contributed by atoms with Gasteiger partial charge in [-0.3, -0.25) is 4.79 Å². The van der Waals surface area contributed by atoms with Crippen molar-refractivity contribution >= 4 is 11.8 Å². The van der Waals surface area contributed by atoms with E-state index in [4.69, 9.17) is 4.74 Å². The fraction of sp³-hybridized carbons (Fsp3) is 0.353. The van der Waals surface area contributed by atoms with Crippen molar-refractivity contribution in [1.29, 1.82) is 0 Å². The Bertz CT molecular complexity index is 793. The van der Waals surface area contributed by atoms with Crippen LogP contribution in [-0.2, 0) is 22.1 Å². The van der Waals surface area contributed by atoms with Crippen LogP contribution in [0.4, 0.5) is 13.2 Å². The Morgan fingerprint density at radius 2 is 1.80 bits per heavy atom. The monoisotopic (exact) mass is 354 g/mol. The van der Waals surface area contributed by atoms with Gasteiger partial charge in [-0.05, 0) is 45.0 Å². The van der Waals surface area contributed by atoms with Gasteiger partial charge in [-0.15, -0.1) is 0 Å². The maximum Gasteiger partial charge on any atom is 0.416 e. The highest BCUT2D eigenvalue weighted by atomic mass is 19.4. The van der Waals surface area contributed by atoms with Gasteiger partial charge in [0, 0.05) is 6.42 Å². The fourth-order valence-corrected chi connectivity index (χ4v) is 2.45. The summed E-state index contributed by atoms with van der Waals surface area (Å²) in [5.74, 6) is -0.826. The van der Waals surface area contributed by atoms with Crippen LogP contribution in [0.15, 0.2) is 24.3 Å². The number of ketones is 1. The van der Waals surface area contributed by atoms with Gasteiger partial charge < -0.3 is 4.74 Å². The minimum absolute atomic E-state index is 0.0873. The molecule has 25 heavy (non-hydrogen) atoms. The lowest BCUT2D eigenvalue weighted by Crippen LogP contribution is -2.13. The van der Waals surface area contributed by atoms with Gasteiger partial charge in [-0.1, -0.05) is 0 Å². The molecule has 0 fully saturated rings. The number of esters is 1. The van der Waals surface area contributed by atoms with E-state index in [0.29, 0.717) is 17.1 Å². The first kappa shape index (κ1) is 18.7. The molecule has 0 atom stereocenters. The van der Waals surface area contributed by atoms with Crippen LogP contribution in [-0.4, -0.2) is 28.1 Å². The lowest BCUT2D eigenvalue weighted by Gasteiger charge is -2.10. The number of aromatic nitrogens is 2. The Kier molecular flexibility index (Phi) is 5.30. The molecule has 0 radical (unpaired) electrons. The molecule has 1 aromatic heterocycles. The molecule has 0 unspecified atom stereocenters. The lowest BCUT2D eigenvalue weighted by molar-refractivity contribution is -0.137. The summed E-state index contributed by atoms with van der Waals surface area (Å²) >= 11 is 0. The minimum Gasteiger partial charge on any atom is -0.462 e. The highest BCUT2D eigenvalue weighted by Gasteiger charge is 2.30. The van der Waals surface area contributed by atoms with Crippen LogP contribution in [0.2, 0.25) is 0 Å². The first-order valence-corrected chi connectivity index (χ1v) is 7.57. The predicted molar refractivity (Wildman–Crippen MR) is 83.6 cm³/mol. The molecule has 134 valence electrons. The first-order valence-electron chi connectivity index (χ1n) is 7.57. The number of hydrogen-bond donors (Lipinski definition) is 0. The zero-order chi connectivity index (χ0) is 18.8. The van der Waals surface area contributed by atoms with Crippen molar-refractivity contribution in [3.63, 3.8) is 0 Å². The predicted octanol–water partition coefficient (Wildman–Crippen LogP) is 3.51. The third-order valence-corrected chi connectivity index (χ3v) is 3.49. The highest BCUT2D eigenvalue weighted by molar-refractivity contribution is 5.94. The number of aryl methyl sites for hydroxylation is 1. The van der Waals surface area contributed by atoms with Crippen molar-refractivity contribution in [1.82, 2.24) is 9.78 Å². The molecule has 0 saturated carbocycles. The largest absolute Gasteiger partial charge is 0.462 e. The fourth-order valence-electron chi connectivity index (χ4n) is 2.45. The maximum atomic E-state index is 12.7. The van der Waals surface area contributed by atoms with E-state index in [9.17, 15) is 22.8 Å². The molecule has 0 spiro atoms. The van der Waals surface area contributed by atoms with Gasteiger partial charge in [0.15, 0.2) is 0 Å². The SMILES string of the molecule is CCOC(=O)c1c(C)nn(-c2ccc(C(F)(F)F)cc2)c1CC(C)=O. The molecule has 5 nitrogen and oxygen atoms in total. The summed E-state index contributed by atoms with van der Waals surface area (Å²) < 4.78 is 44.4. The average molecular weight is 354 g/mol. The number of hydrogen-bond acceptors (Lipinski definition) is 4. The van der Waals surface area contributed by atoms with Crippen LogP contribution in [0.5, 0.6) is 0 Å². The van der Waals surface area contributed by atoms with E-state index in [1.54, 1.807) is 13.8 Å². The number of nitrogens with zero attached hydrogens (tertiary/aromatic N) is 2. The van der Waals surface area contributed by atoms with E-state index >= 15 is 0 Å². The second-order valence-corrected chi connectivity index (χ2v) is 5.46. The Morgan fingerprint density at radius 3 is 2.28 bits per heavy atom. The topological polar surface area (TPSA) is 61.2 Å². The summed E-state index contributed by atoms with van der Waals surface area (Å²) in [6, 6.07) is 4.34. The molecule has 0 aliphatic rings. The van der Waals surface area contributed by atoms with Crippen LogP contribution in [0.25, 0.3) is 5.69 Å². The molecular weight excluding hydrogens is 337 g/mol. The van der Waals surface area contributed by atoms with Gasteiger partial charge in [-0.25, -0.2) is 9.48 Å². The number of Topliss-reactive ketones (excluding diaryl/α,β-unsaturated/α-hetero) is 1. The zero-order valence-electron chi connectivity index (χ0n) is 14.0. The molecule has 1 heterocycles. The minimum atomic E-state index is -4.45. The van der Waals surface area contributed by atoms with Crippen LogP contribution in [0.3, 0.4) is 0 Å². The summed E-state index contributed by atoms with van der Waals surface area (Å²) in [7, 11) is 0. The first-order chi connectivity index (χ1) is 11.6. The third-order valence-electron chi connectivity index (χ3n) is 3.49. The number of benzene rings is 1. The van der Waals surface area contributed by atoms with Crippen molar-refractivity contribution in [3.8, 4) is 5.69 Å². The van der Waals surface area contributed by atoms with Gasteiger partial charge in [0.05, 0.1) is 29.2 Å². The van der Waals surface area contributed by atoms with Gasteiger partial charge in [0.1, 0.15) is 11.3 Å². The van der Waals surface area contributed by atoms with Gasteiger partial charge in [0.25, 0.3) is 0 Å². The summed E-state index contributed by atoms with van der Waals surface area (Å²) in [5, 5.41) is 4.21. The maximum absolute atomic E-state index is 12.7. The van der Waals surface area contributed by atoms with Gasteiger partial charge in [-0.2, -0.15) is 18.3 Å². The third kappa shape index (κ3) is 4.07. The highest BCUT2D eigenvalue weighted by Crippen LogP contribution is 2.30. The smallest absolute Gasteiger partial charge is 0.416 e. The van der Waals surface area contributed by atoms with Crippen molar-refractivity contribution in [2.75, 3.05) is 6.61 Å². The standard InChI is InChI=1S/C17H17F3N2O3/c1-4-25-16(24)15-11(3)21-22(14(15)9-10(2)23)13-7-5-12(6-8-13)17(18,19)20/h5-8H,4,9H2,1-3H3. The summed E-state index contributed by atoms with van der Waals surface area (Å²) in [5.41, 5.74) is 0.330. The van der Waals surface area contributed by atoms with Crippen molar-refractivity contribution in [2.24, 2.45) is 0 Å². The van der Waals surface area contributed by atoms with Crippen LogP contribution >= 0.6 is 0 Å². The van der Waals surface area contributed by atoms with E-state index in [-0.39, 0.29) is 24.4 Å². The quantitative estimate of drug-likeness (QED) is 0.771. The number of ether oxygens (including phenoxy) is 1. The summed E-state index contributed by atoms with van der Waals surface area (Å²) in [6.07, 6.45) is -4.53. The number of rotatable bonds is 5. The van der Waals surface area contributed by atoms with E-state index < -0.39 is 17.7 Å². The van der Waals surface area contributed by atoms with Crippen molar-refractivity contribution < 1.29 is 27.5 Å². The molecule has 0 aliphatic carbocycles. The van der Waals surface area contributed by atoms with Crippen molar-refractivity contribution in [2.45, 2.75) is 33.4 Å². The molecule has 8 heteroatoms. The summed E-state index contributed by atoms with van der Waals surface area (Å²) in [4.78, 5) is 23.7. The number of carbonyl (C=O) groups is 2. The van der Waals surface area contributed by atoms with E-state index in [1.807, 2.05) is 0 Å². The summed E-state index contributed by atoms with van der Waals surface area (Å²) in [6.45, 7) is 4.74. The molecule has 2 rings (SSSR count). The Morgan fingerprint density at radius 1 is 1.20 bits per heavy atom. The van der Waals surface area contributed by atoms with Gasteiger partial charge >= 0.3 is 12.1 Å². The Hall–Kier alpha value is -2.64. The number of carbonyl (C=O) groups excluding carboxylic acids is 2. The molecule has 2 aromatic rings. The number of alkyl halides is 3. The van der Waals surface area contributed by atoms with Crippen molar-refractivity contribution in [3.05, 3.63) is 46.8 Å². The second-order valence-electron chi connectivity index (χ2n) is 5.46. The molecule has 0 bridgehead atoms. The van der Waals surface area contributed by atoms with E-state index in [0.717, 1.165) is 12.1 Å². The number of halogens is 3. The Balaban J connectivity index is 2.55. The second kappa shape index (κ2) is 7.08. The molecule has 0 amide bonds. The average Bonchev–Trinajstić information content (AvgIpc) is 2.82. The molecule has 0 saturated heterocycles. The molecule has 0 N–H and O–H groups in total. The zero-order valence-corrected chi connectivity index (χ0v) is 14.0. The van der Waals surface area contributed by atoms with E-state index in [1.165, 1.54) is 23.7 Å².